The van der Waals surface area contributed by atoms with Gasteiger partial charge in [-0.2, -0.15) is 0 Å². The summed E-state index contributed by atoms with van der Waals surface area (Å²) in [6.45, 7) is -0.341. The van der Waals surface area contributed by atoms with Gasteiger partial charge in [0.15, 0.2) is 0 Å². The Morgan fingerprint density at radius 3 is 2.39 bits per heavy atom. The third-order valence-electron chi connectivity index (χ3n) is 1.92. The summed E-state index contributed by atoms with van der Waals surface area (Å²) in [6.07, 6.45) is 0. The summed E-state index contributed by atoms with van der Waals surface area (Å²) in [4.78, 5) is -0.210. The second kappa shape index (κ2) is 5.41. The number of rotatable bonds is 5. The van der Waals surface area contributed by atoms with Crippen molar-refractivity contribution in [1.82, 2.24) is 4.72 Å². The molecule has 102 valence electrons. The lowest BCUT2D eigenvalue weighted by Crippen LogP contribution is -2.31. The second-order valence-electron chi connectivity index (χ2n) is 3.45. The van der Waals surface area contributed by atoms with E-state index in [2.05, 4.69) is 4.72 Å². The fourth-order valence-electron chi connectivity index (χ4n) is 1.12. The molecular formula is C8H12ClN3O4S2. The number of anilines is 1. The highest BCUT2D eigenvalue weighted by Gasteiger charge is 2.18. The van der Waals surface area contributed by atoms with Crippen molar-refractivity contribution in [3.05, 3.63) is 23.2 Å². The summed E-state index contributed by atoms with van der Waals surface area (Å²) in [5.74, 6) is -0.508. The predicted octanol–water partition coefficient (Wildman–Crippen LogP) is -0.511. The van der Waals surface area contributed by atoms with Crippen molar-refractivity contribution in [3.8, 4) is 0 Å². The van der Waals surface area contributed by atoms with E-state index < -0.39 is 25.8 Å². The summed E-state index contributed by atoms with van der Waals surface area (Å²) < 4.78 is 47.0. The van der Waals surface area contributed by atoms with E-state index in [0.29, 0.717) is 0 Å². The first-order valence-electron chi connectivity index (χ1n) is 4.67. The molecule has 0 radical (unpaired) electrons. The highest BCUT2D eigenvalue weighted by atomic mass is 35.5. The molecule has 0 amide bonds. The van der Waals surface area contributed by atoms with Crippen LogP contribution < -0.4 is 15.6 Å². The smallest absolute Gasteiger partial charge is 0.242 e. The predicted molar refractivity (Wildman–Crippen MR) is 69.0 cm³/mol. The molecule has 0 bridgehead atoms. The number of nitrogens with two attached hydrogens (primary N) is 2. The van der Waals surface area contributed by atoms with Crippen LogP contribution in [0, 0.1) is 0 Å². The lowest BCUT2D eigenvalue weighted by molar-refractivity contribution is 0.581. The van der Waals surface area contributed by atoms with Crippen molar-refractivity contribution in [2.45, 2.75) is 4.90 Å². The summed E-state index contributed by atoms with van der Waals surface area (Å²) in [7, 11) is -7.65. The zero-order chi connectivity index (χ0) is 14.0. The van der Waals surface area contributed by atoms with Crippen molar-refractivity contribution >= 4 is 37.3 Å². The molecule has 0 aliphatic rings. The van der Waals surface area contributed by atoms with Crippen molar-refractivity contribution in [2.24, 2.45) is 5.14 Å². The van der Waals surface area contributed by atoms with Crippen LogP contribution in [0.25, 0.3) is 0 Å². The zero-order valence-electron chi connectivity index (χ0n) is 9.13. The molecule has 0 spiro atoms. The molecule has 1 rings (SSSR count). The minimum absolute atomic E-state index is 0.00712. The van der Waals surface area contributed by atoms with Crippen LogP contribution in [0.3, 0.4) is 0 Å². The van der Waals surface area contributed by atoms with Gasteiger partial charge in [0.05, 0.1) is 10.8 Å². The van der Waals surface area contributed by atoms with Gasteiger partial charge in [-0.15, -0.1) is 0 Å². The van der Waals surface area contributed by atoms with E-state index in [-0.39, 0.29) is 22.2 Å². The minimum atomic E-state index is -3.92. The standard InChI is InChI=1S/C8H12ClN3O4S2/c9-7-2-1-6(10)5-8(7)18(15,16)12-3-4-17(11,13)14/h1-2,5,12H,3-4,10H2,(H2,11,13,14). The van der Waals surface area contributed by atoms with E-state index in [1.165, 1.54) is 18.2 Å². The largest absolute Gasteiger partial charge is 0.399 e. The van der Waals surface area contributed by atoms with Crippen LogP contribution in [0.4, 0.5) is 5.69 Å². The van der Waals surface area contributed by atoms with Crippen LogP contribution >= 0.6 is 11.6 Å². The van der Waals surface area contributed by atoms with Gasteiger partial charge in [-0.3, -0.25) is 0 Å². The van der Waals surface area contributed by atoms with Crippen LogP contribution in [-0.2, 0) is 20.0 Å². The molecule has 0 saturated heterocycles. The Bertz CT molecular complexity index is 642. The van der Waals surface area contributed by atoms with Crippen molar-refractivity contribution in [1.29, 1.82) is 0 Å². The molecule has 1 aromatic carbocycles. The van der Waals surface area contributed by atoms with E-state index in [1.807, 2.05) is 0 Å². The molecule has 0 saturated carbocycles. The Labute approximate surface area is 110 Å². The van der Waals surface area contributed by atoms with Crippen LogP contribution in [0.5, 0.6) is 0 Å². The molecule has 0 aromatic heterocycles. The monoisotopic (exact) mass is 313 g/mol. The van der Waals surface area contributed by atoms with Gasteiger partial charge in [0.25, 0.3) is 0 Å². The van der Waals surface area contributed by atoms with Gasteiger partial charge in [0, 0.05) is 12.2 Å². The highest BCUT2D eigenvalue weighted by Crippen LogP contribution is 2.23. The van der Waals surface area contributed by atoms with Gasteiger partial charge >= 0.3 is 0 Å². The average molecular weight is 314 g/mol. The SMILES string of the molecule is Nc1ccc(Cl)c(S(=O)(=O)NCCS(N)(=O)=O)c1. The highest BCUT2D eigenvalue weighted by molar-refractivity contribution is 7.90. The number of sulfonamides is 2. The third-order valence-corrected chi connectivity index (χ3v) is 4.64. The Kier molecular flexibility index (Phi) is 4.56. The second-order valence-corrected chi connectivity index (χ2v) is 7.33. The molecule has 7 nitrogen and oxygen atoms in total. The van der Waals surface area contributed by atoms with Gasteiger partial charge in [0.2, 0.25) is 20.0 Å². The maximum atomic E-state index is 11.8. The van der Waals surface area contributed by atoms with Gasteiger partial charge in [0.1, 0.15) is 4.90 Å². The molecule has 0 unspecified atom stereocenters. The average Bonchev–Trinajstić information content (AvgIpc) is 2.19. The maximum absolute atomic E-state index is 11.8. The fraction of sp³-hybridized carbons (Fsp3) is 0.250. The van der Waals surface area contributed by atoms with Crippen LogP contribution in [0.2, 0.25) is 5.02 Å². The van der Waals surface area contributed by atoms with Gasteiger partial charge in [-0.1, -0.05) is 11.6 Å². The fourth-order valence-corrected chi connectivity index (χ4v) is 3.20. The van der Waals surface area contributed by atoms with E-state index in [1.54, 1.807) is 0 Å². The molecule has 18 heavy (non-hydrogen) atoms. The number of benzene rings is 1. The quantitative estimate of drug-likeness (QED) is 0.630. The molecular weight excluding hydrogens is 302 g/mol. The first kappa shape index (κ1) is 15.2. The number of halogens is 1. The minimum Gasteiger partial charge on any atom is -0.399 e. The number of nitrogen functional groups attached to an aromatic ring is 1. The number of hydrogen-bond acceptors (Lipinski definition) is 5. The zero-order valence-corrected chi connectivity index (χ0v) is 11.5. The van der Waals surface area contributed by atoms with Crippen LogP contribution in [-0.4, -0.2) is 29.1 Å². The summed E-state index contributed by atoms with van der Waals surface area (Å²) in [6, 6.07) is 3.97. The first-order valence-corrected chi connectivity index (χ1v) is 8.25. The van der Waals surface area contributed by atoms with Gasteiger partial charge in [-0.25, -0.2) is 26.7 Å². The Morgan fingerprint density at radius 1 is 1.22 bits per heavy atom. The molecule has 10 heteroatoms. The van der Waals surface area contributed by atoms with E-state index in [0.717, 1.165) is 0 Å². The topological polar surface area (TPSA) is 132 Å². The lowest BCUT2D eigenvalue weighted by atomic mass is 10.3. The van der Waals surface area contributed by atoms with E-state index in [4.69, 9.17) is 22.5 Å². The summed E-state index contributed by atoms with van der Waals surface area (Å²) in [5, 5.41) is 4.74. The van der Waals surface area contributed by atoms with Crippen LogP contribution in [0.1, 0.15) is 0 Å². The third kappa shape index (κ3) is 4.42. The molecule has 0 fully saturated rings. The molecule has 0 aliphatic carbocycles. The van der Waals surface area contributed by atoms with Crippen molar-refractivity contribution in [2.75, 3.05) is 18.0 Å². The Balaban J connectivity index is 2.90. The maximum Gasteiger partial charge on any atom is 0.242 e. The number of primary sulfonamides is 1. The Hall–Kier alpha value is -0.870. The number of hydrogen-bond donors (Lipinski definition) is 3. The molecule has 0 heterocycles. The van der Waals surface area contributed by atoms with E-state index in [9.17, 15) is 16.8 Å². The van der Waals surface area contributed by atoms with Crippen molar-refractivity contribution in [3.63, 3.8) is 0 Å². The summed E-state index contributed by atoms with van der Waals surface area (Å²) >= 11 is 5.73. The molecule has 0 aliphatic heterocycles. The lowest BCUT2D eigenvalue weighted by Gasteiger charge is -2.08. The molecule has 0 atom stereocenters. The summed E-state index contributed by atoms with van der Waals surface area (Å²) in [5.41, 5.74) is 5.68. The van der Waals surface area contributed by atoms with Crippen LogP contribution in [0.15, 0.2) is 23.1 Å². The van der Waals surface area contributed by atoms with Gasteiger partial charge in [-0.05, 0) is 18.2 Å². The Morgan fingerprint density at radius 2 is 1.83 bits per heavy atom. The van der Waals surface area contributed by atoms with E-state index >= 15 is 0 Å². The van der Waals surface area contributed by atoms with Gasteiger partial charge < -0.3 is 5.73 Å². The molecule has 5 N–H and O–H groups in total. The molecule has 1 aromatic rings. The first-order chi connectivity index (χ1) is 8.12. The van der Waals surface area contributed by atoms with Crippen molar-refractivity contribution < 1.29 is 16.8 Å². The normalized spacial score (nSPS) is 12.6. The number of nitrogens with one attached hydrogen (secondary N) is 1.